The minimum Gasteiger partial charge on any atom is -0.481 e. The van der Waals surface area contributed by atoms with Crippen LogP contribution in [0.25, 0.3) is 0 Å². The Balaban J connectivity index is 2.28. The molecule has 3 heteroatoms. The van der Waals surface area contributed by atoms with Crippen LogP contribution in [-0.2, 0) is 17.6 Å². The lowest BCUT2D eigenvalue weighted by molar-refractivity contribution is -0.136. The summed E-state index contributed by atoms with van der Waals surface area (Å²) in [6, 6.07) is 5.66. The van der Waals surface area contributed by atoms with Gasteiger partial charge in [-0.25, -0.2) is 0 Å². The van der Waals surface area contributed by atoms with Gasteiger partial charge >= 0.3 is 5.97 Å². The highest BCUT2D eigenvalue weighted by molar-refractivity contribution is 5.92. The van der Waals surface area contributed by atoms with Crippen molar-refractivity contribution >= 4 is 17.4 Å². The number of carboxylic acids is 1. The molecule has 1 aromatic carbocycles. The van der Waals surface area contributed by atoms with Crippen LogP contribution in [0, 0.1) is 0 Å². The summed E-state index contributed by atoms with van der Waals surface area (Å²) in [5.41, 5.74) is 4.06. The number of benzene rings is 1. The second-order valence-corrected chi connectivity index (χ2v) is 3.56. The zero-order chi connectivity index (χ0) is 10.1. The van der Waals surface area contributed by atoms with Crippen molar-refractivity contribution in [2.75, 3.05) is 0 Å². The normalized spacial score (nSPS) is 13.6. The van der Waals surface area contributed by atoms with Gasteiger partial charge in [-0.2, -0.15) is 0 Å². The smallest absolute Gasteiger partial charge is 0.307 e. The van der Waals surface area contributed by atoms with Crippen molar-refractivity contribution in [1.29, 1.82) is 0 Å². The maximum atomic E-state index is 10.5. The fourth-order valence-electron chi connectivity index (χ4n) is 1.69. The fourth-order valence-corrected chi connectivity index (χ4v) is 1.69. The highest BCUT2D eigenvalue weighted by Crippen LogP contribution is 2.27. The largest absolute Gasteiger partial charge is 0.481 e. The Morgan fingerprint density at radius 3 is 3.07 bits per heavy atom. The Morgan fingerprint density at radius 1 is 1.57 bits per heavy atom. The average molecular weight is 189 g/mol. The number of hydrogen-bond donors (Lipinski definition) is 1. The van der Waals surface area contributed by atoms with E-state index in [1.165, 1.54) is 0 Å². The first-order valence-corrected chi connectivity index (χ1v) is 4.53. The summed E-state index contributed by atoms with van der Waals surface area (Å²) in [7, 11) is 0. The van der Waals surface area contributed by atoms with Gasteiger partial charge in [-0.3, -0.25) is 9.79 Å². The Bertz CT molecular complexity index is 421. The Kier molecular flexibility index (Phi) is 2.08. The van der Waals surface area contributed by atoms with E-state index in [1.54, 1.807) is 0 Å². The van der Waals surface area contributed by atoms with Crippen molar-refractivity contribution in [2.24, 2.45) is 4.99 Å². The number of hydrogen-bond acceptors (Lipinski definition) is 2. The number of carbonyl (C=O) groups is 1. The predicted molar refractivity (Wildman–Crippen MR) is 54.3 cm³/mol. The molecule has 0 aliphatic carbocycles. The third kappa shape index (κ3) is 1.66. The first-order chi connectivity index (χ1) is 6.65. The summed E-state index contributed by atoms with van der Waals surface area (Å²) in [6.07, 6.45) is 0.940. The first-order valence-electron chi connectivity index (χ1n) is 4.53. The topological polar surface area (TPSA) is 49.7 Å². The van der Waals surface area contributed by atoms with Crippen molar-refractivity contribution in [1.82, 2.24) is 0 Å². The first kappa shape index (κ1) is 8.94. The SMILES string of the molecule is CC1=Nc2ccc(CC(=O)O)cc2C1. The van der Waals surface area contributed by atoms with E-state index in [0.717, 1.165) is 28.9 Å². The van der Waals surface area contributed by atoms with Crippen molar-refractivity contribution in [2.45, 2.75) is 19.8 Å². The van der Waals surface area contributed by atoms with Gasteiger partial charge in [0.05, 0.1) is 12.1 Å². The summed E-state index contributed by atoms with van der Waals surface area (Å²) >= 11 is 0. The second kappa shape index (κ2) is 3.25. The van der Waals surface area contributed by atoms with Crippen LogP contribution < -0.4 is 0 Å². The van der Waals surface area contributed by atoms with Gasteiger partial charge in [-0.1, -0.05) is 12.1 Å². The lowest BCUT2D eigenvalue weighted by atomic mass is 10.0. The van der Waals surface area contributed by atoms with E-state index in [9.17, 15) is 4.79 Å². The maximum absolute atomic E-state index is 10.5. The molecule has 1 heterocycles. The van der Waals surface area contributed by atoms with Gasteiger partial charge in [0.2, 0.25) is 0 Å². The lowest BCUT2D eigenvalue weighted by Crippen LogP contribution is -2.00. The molecule has 1 aliphatic rings. The van der Waals surface area contributed by atoms with Crippen LogP contribution >= 0.6 is 0 Å². The van der Waals surface area contributed by atoms with E-state index in [2.05, 4.69) is 4.99 Å². The summed E-state index contributed by atoms with van der Waals surface area (Å²) in [5.74, 6) is -0.791. The molecule has 0 radical (unpaired) electrons. The van der Waals surface area contributed by atoms with E-state index < -0.39 is 5.97 Å². The molecule has 1 N–H and O–H groups in total. The molecule has 14 heavy (non-hydrogen) atoms. The molecule has 0 saturated heterocycles. The van der Waals surface area contributed by atoms with Gasteiger partial charge in [-0.05, 0) is 24.1 Å². The minimum absolute atomic E-state index is 0.0896. The third-order valence-electron chi connectivity index (χ3n) is 2.26. The lowest BCUT2D eigenvalue weighted by Gasteiger charge is -2.00. The van der Waals surface area contributed by atoms with Crippen LogP contribution in [0.4, 0.5) is 5.69 Å². The van der Waals surface area contributed by atoms with Gasteiger partial charge in [0.1, 0.15) is 0 Å². The van der Waals surface area contributed by atoms with E-state index >= 15 is 0 Å². The summed E-state index contributed by atoms with van der Waals surface area (Å²) in [6.45, 7) is 1.98. The van der Waals surface area contributed by atoms with Crippen molar-refractivity contribution in [3.05, 3.63) is 29.3 Å². The predicted octanol–water partition coefficient (Wildman–Crippen LogP) is 1.96. The summed E-state index contributed by atoms with van der Waals surface area (Å²) in [5, 5.41) is 8.64. The zero-order valence-corrected chi connectivity index (χ0v) is 7.95. The minimum atomic E-state index is -0.791. The molecule has 2 rings (SSSR count). The van der Waals surface area contributed by atoms with Crippen LogP contribution in [-0.4, -0.2) is 16.8 Å². The molecule has 1 aliphatic heterocycles. The van der Waals surface area contributed by atoms with E-state index in [0.29, 0.717) is 0 Å². The monoisotopic (exact) mass is 189 g/mol. The van der Waals surface area contributed by atoms with Crippen LogP contribution in [0.2, 0.25) is 0 Å². The highest BCUT2D eigenvalue weighted by atomic mass is 16.4. The highest BCUT2D eigenvalue weighted by Gasteiger charge is 2.12. The molecule has 3 nitrogen and oxygen atoms in total. The van der Waals surface area contributed by atoms with Crippen LogP contribution in [0.1, 0.15) is 18.1 Å². The van der Waals surface area contributed by atoms with Gasteiger partial charge in [-0.15, -0.1) is 0 Å². The van der Waals surface area contributed by atoms with E-state index in [4.69, 9.17) is 5.11 Å². The Hall–Kier alpha value is -1.64. The second-order valence-electron chi connectivity index (χ2n) is 3.56. The van der Waals surface area contributed by atoms with Gasteiger partial charge < -0.3 is 5.11 Å². The van der Waals surface area contributed by atoms with Crippen molar-refractivity contribution in [3.63, 3.8) is 0 Å². The van der Waals surface area contributed by atoms with Crippen LogP contribution in [0.3, 0.4) is 0 Å². The number of aliphatic carboxylic acids is 1. The van der Waals surface area contributed by atoms with Crippen LogP contribution in [0.15, 0.2) is 23.2 Å². The number of nitrogens with zero attached hydrogens (tertiary/aromatic N) is 1. The maximum Gasteiger partial charge on any atom is 0.307 e. The molecule has 0 spiro atoms. The molecule has 0 unspecified atom stereocenters. The summed E-state index contributed by atoms with van der Waals surface area (Å²) < 4.78 is 0. The molecule has 0 aromatic heterocycles. The zero-order valence-electron chi connectivity index (χ0n) is 7.95. The molecule has 0 amide bonds. The molecule has 0 atom stereocenters. The van der Waals surface area contributed by atoms with Crippen molar-refractivity contribution in [3.8, 4) is 0 Å². The standard InChI is InChI=1S/C11H11NO2/c1-7-4-9-5-8(6-11(13)14)2-3-10(9)12-7/h2-3,5H,4,6H2,1H3,(H,13,14). The molecule has 1 aromatic rings. The number of carboxylic acid groups (broad SMARTS) is 1. The quantitative estimate of drug-likeness (QED) is 0.773. The molecule has 0 fully saturated rings. The van der Waals surface area contributed by atoms with Gasteiger partial charge in [0.15, 0.2) is 0 Å². The average Bonchev–Trinajstić information content (AvgIpc) is 2.42. The number of aliphatic imine (C=N–C) groups is 1. The summed E-state index contributed by atoms with van der Waals surface area (Å²) in [4.78, 5) is 14.8. The fraction of sp³-hybridized carbons (Fsp3) is 0.273. The van der Waals surface area contributed by atoms with E-state index in [-0.39, 0.29) is 6.42 Å². The van der Waals surface area contributed by atoms with Gasteiger partial charge in [0, 0.05) is 12.1 Å². The van der Waals surface area contributed by atoms with E-state index in [1.807, 2.05) is 25.1 Å². The van der Waals surface area contributed by atoms with Crippen molar-refractivity contribution < 1.29 is 9.90 Å². The Morgan fingerprint density at radius 2 is 2.36 bits per heavy atom. The van der Waals surface area contributed by atoms with Crippen LogP contribution in [0.5, 0.6) is 0 Å². The molecular formula is C11H11NO2. The molecule has 0 saturated carbocycles. The van der Waals surface area contributed by atoms with Gasteiger partial charge in [0.25, 0.3) is 0 Å². The molecule has 72 valence electrons. The number of fused-ring (bicyclic) bond motifs is 1. The molecular weight excluding hydrogens is 178 g/mol. The number of rotatable bonds is 2. The third-order valence-corrected chi connectivity index (χ3v) is 2.26. The Labute approximate surface area is 82.1 Å². The molecule has 0 bridgehead atoms.